The highest BCUT2D eigenvalue weighted by Gasteiger charge is 2.36. The number of amides is 2. The van der Waals surface area contributed by atoms with Gasteiger partial charge in [0.15, 0.2) is 11.5 Å². The number of ether oxygens (including phenoxy) is 4. The number of nitrogens with zero attached hydrogens (tertiary/aromatic N) is 2. The zero-order valence-corrected chi connectivity index (χ0v) is 30.0. The van der Waals surface area contributed by atoms with Gasteiger partial charge in [-0.1, -0.05) is 36.2 Å². The van der Waals surface area contributed by atoms with Crippen molar-refractivity contribution in [2.75, 3.05) is 39.3 Å². The van der Waals surface area contributed by atoms with Gasteiger partial charge in [0.05, 0.1) is 39.0 Å². The second-order valence-electron chi connectivity index (χ2n) is 11.5. The SMILES string of the molecule is CCC(C(=O)NC(C)(C)C)N(Cc1ccc(Cl)cc1Cl)C(=O)CN(c1cc(OC)ccc1OC)S(=O)(=O)c1ccc(OC)c(OC)c1. The lowest BCUT2D eigenvalue weighted by molar-refractivity contribution is -0.141. The summed E-state index contributed by atoms with van der Waals surface area (Å²) in [5.41, 5.74) is -0.0557. The Labute approximate surface area is 286 Å². The first-order valence-corrected chi connectivity index (χ1v) is 16.8. The Morgan fingerprint density at radius 2 is 1.49 bits per heavy atom. The lowest BCUT2D eigenvalue weighted by Gasteiger charge is -2.35. The maximum absolute atomic E-state index is 14.5. The van der Waals surface area contributed by atoms with E-state index in [4.69, 9.17) is 42.1 Å². The molecule has 3 aromatic rings. The van der Waals surface area contributed by atoms with E-state index in [1.807, 2.05) is 20.8 Å². The fourth-order valence-electron chi connectivity index (χ4n) is 4.82. The summed E-state index contributed by atoms with van der Waals surface area (Å²) in [5, 5.41) is 3.61. The van der Waals surface area contributed by atoms with Crippen molar-refractivity contribution >= 4 is 50.7 Å². The van der Waals surface area contributed by atoms with E-state index >= 15 is 0 Å². The topological polar surface area (TPSA) is 124 Å². The van der Waals surface area contributed by atoms with E-state index in [2.05, 4.69) is 5.32 Å². The van der Waals surface area contributed by atoms with Crippen molar-refractivity contribution < 1.29 is 37.0 Å². The molecule has 0 saturated carbocycles. The van der Waals surface area contributed by atoms with Crippen LogP contribution in [-0.2, 0) is 26.2 Å². The molecule has 14 heteroatoms. The van der Waals surface area contributed by atoms with Gasteiger partial charge in [0.25, 0.3) is 10.0 Å². The van der Waals surface area contributed by atoms with Gasteiger partial charge in [0.2, 0.25) is 11.8 Å². The van der Waals surface area contributed by atoms with Crippen LogP contribution in [0.4, 0.5) is 5.69 Å². The highest BCUT2D eigenvalue weighted by molar-refractivity contribution is 7.92. The highest BCUT2D eigenvalue weighted by atomic mass is 35.5. The van der Waals surface area contributed by atoms with Crippen LogP contribution in [0.15, 0.2) is 59.5 Å². The van der Waals surface area contributed by atoms with E-state index in [1.165, 1.54) is 69.7 Å². The Morgan fingerprint density at radius 1 is 0.851 bits per heavy atom. The normalized spacial score (nSPS) is 12.1. The molecule has 2 amide bonds. The van der Waals surface area contributed by atoms with E-state index in [0.717, 1.165) is 4.31 Å². The Morgan fingerprint density at radius 3 is 2.04 bits per heavy atom. The molecule has 0 heterocycles. The second kappa shape index (κ2) is 15.8. The van der Waals surface area contributed by atoms with E-state index in [9.17, 15) is 18.0 Å². The number of benzene rings is 3. The van der Waals surface area contributed by atoms with Crippen LogP contribution in [0.1, 0.15) is 39.7 Å². The van der Waals surface area contributed by atoms with Crippen molar-refractivity contribution in [2.24, 2.45) is 0 Å². The minimum Gasteiger partial charge on any atom is -0.497 e. The number of hydrogen-bond acceptors (Lipinski definition) is 8. The Balaban J connectivity index is 2.23. The molecule has 256 valence electrons. The molecule has 0 aliphatic heterocycles. The number of halogens is 2. The molecule has 0 radical (unpaired) electrons. The van der Waals surface area contributed by atoms with E-state index < -0.39 is 40.0 Å². The second-order valence-corrected chi connectivity index (χ2v) is 14.2. The summed E-state index contributed by atoms with van der Waals surface area (Å²) in [6.45, 7) is 6.42. The lowest BCUT2D eigenvalue weighted by atomic mass is 10.1. The number of rotatable bonds is 14. The van der Waals surface area contributed by atoms with E-state index in [-0.39, 0.29) is 40.1 Å². The standard InChI is InChI=1S/C33H41Cl2N3O8S/c1-9-26(32(40)36-33(2,3)4)37(19-21-10-11-22(34)16-25(21)35)31(39)20-38(27-17-23(43-5)12-14-28(27)44-6)47(41,42)24-13-15-29(45-7)30(18-24)46-8/h10-18,26H,9,19-20H2,1-8H3,(H,36,40). The first-order valence-electron chi connectivity index (χ1n) is 14.6. The summed E-state index contributed by atoms with van der Waals surface area (Å²) in [4.78, 5) is 29.2. The largest absolute Gasteiger partial charge is 0.497 e. The molecule has 11 nitrogen and oxygen atoms in total. The Bertz CT molecular complexity index is 1700. The molecule has 0 saturated heterocycles. The number of carbonyl (C=O) groups excluding carboxylic acids is 2. The average molecular weight is 711 g/mol. The Kier molecular flexibility index (Phi) is 12.6. The molecule has 0 aliphatic rings. The molecule has 0 spiro atoms. The third kappa shape index (κ3) is 9.15. The van der Waals surface area contributed by atoms with Crippen LogP contribution >= 0.6 is 23.2 Å². The number of nitrogens with one attached hydrogen (secondary N) is 1. The van der Waals surface area contributed by atoms with Crippen LogP contribution in [-0.4, -0.2) is 71.7 Å². The minimum absolute atomic E-state index is 0.0339. The molecular weight excluding hydrogens is 669 g/mol. The van der Waals surface area contributed by atoms with Crippen molar-refractivity contribution in [1.29, 1.82) is 0 Å². The molecule has 1 unspecified atom stereocenters. The zero-order chi connectivity index (χ0) is 35.1. The fourth-order valence-corrected chi connectivity index (χ4v) is 6.72. The predicted molar refractivity (Wildman–Crippen MR) is 183 cm³/mol. The number of methoxy groups -OCH3 is 4. The maximum Gasteiger partial charge on any atom is 0.265 e. The van der Waals surface area contributed by atoms with Gasteiger partial charge < -0.3 is 29.2 Å². The van der Waals surface area contributed by atoms with Gasteiger partial charge in [-0.15, -0.1) is 0 Å². The third-order valence-electron chi connectivity index (χ3n) is 7.12. The van der Waals surface area contributed by atoms with Crippen molar-refractivity contribution in [2.45, 2.75) is 57.1 Å². The van der Waals surface area contributed by atoms with Crippen LogP contribution in [0.5, 0.6) is 23.0 Å². The Hall–Kier alpha value is -3.87. The minimum atomic E-state index is -4.50. The van der Waals surface area contributed by atoms with Crippen molar-refractivity contribution in [3.8, 4) is 23.0 Å². The van der Waals surface area contributed by atoms with Gasteiger partial charge in [0.1, 0.15) is 24.1 Å². The van der Waals surface area contributed by atoms with Crippen molar-refractivity contribution in [3.63, 3.8) is 0 Å². The van der Waals surface area contributed by atoms with E-state index in [1.54, 1.807) is 25.1 Å². The van der Waals surface area contributed by atoms with Crippen molar-refractivity contribution in [3.05, 3.63) is 70.2 Å². The maximum atomic E-state index is 14.5. The number of anilines is 1. The smallest absolute Gasteiger partial charge is 0.265 e. The first kappa shape index (κ1) is 37.6. The van der Waals surface area contributed by atoms with E-state index in [0.29, 0.717) is 22.1 Å². The van der Waals surface area contributed by atoms with Crippen LogP contribution < -0.4 is 28.6 Å². The van der Waals surface area contributed by atoms with Gasteiger partial charge in [-0.05, 0) is 69.2 Å². The molecule has 0 fully saturated rings. The monoisotopic (exact) mass is 709 g/mol. The molecule has 1 atom stereocenters. The summed E-state index contributed by atoms with van der Waals surface area (Å²) in [7, 11) is 1.13. The molecular formula is C33H41Cl2N3O8S. The summed E-state index contributed by atoms with van der Waals surface area (Å²) in [6, 6.07) is 12.5. The lowest BCUT2D eigenvalue weighted by Crippen LogP contribution is -2.55. The van der Waals surface area contributed by atoms with Crippen molar-refractivity contribution in [1.82, 2.24) is 10.2 Å². The van der Waals surface area contributed by atoms with Gasteiger partial charge in [0, 0.05) is 34.3 Å². The van der Waals surface area contributed by atoms with Gasteiger partial charge >= 0.3 is 0 Å². The molecule has 47 heavy (non-hydrogen) atoms. The summed E-state index contributed by atoms with van der Waals surface area (Å²) in [6.07, 6.45) is 0.226. The highest BCUT2D eigenvalue weighted by Crippen LogP contribution is 2.38. The van der Waals surface area contributed by atoms with Gasteiger partial charge in [-0.2, -0.15) is 0 Å². The van der Waals surface area contributed by atoms with Gasteiger partial charge in [-0.25, -0.2) is 8.42 Å². The molecule has 0 aromatic heterocycles. The van der Waals surface area contributed by atoms with Gasteiger partial charge in [-0.3, -0.25) is 13.9 Å². The fraction of sp³-hybridized carbons (Fsp3) is 0.394. The quantitative estimate of drug-likeness (QED) is 0.218. The number of carbonyl (C=O) groups is 2. The summed E-state index contributed by atoms with van der Waals surface area (Å²) in [5.74, 6) is -0.127. The molecule has 3 aromatic carbocycles. The zero-order valence-electron chi connectivity index (χ0n) is 27.7. The predicted octanol–water partition coefficient (Wildman–Crippen LogP) is 5.95. The first-order chi connectivity index (χ1) is 22.1. The summed E-state index contributed by atoms with van der Waals surface area (Å²) >= 11 is 12.6. The molecule has 0 aliphatic carbocycles. The van der Waals surface area contributed by atoms with Crippen LogP contribution in [0.25, 0.3) is 0 Å². The third-order valence-corrected chi connectivity index (χ3v) is 9.46. The van der Waals surface area contributed by atoms with Crippen LogP contribution in [0, 0.1) is 0 Å². The number of hydrogen-bond donors (Lipinski definition) is 1. The van der Waals surface area contributed by atoms with Crippen LogP contribution in [0.3, 0.4) is 0 Å². The van der Waals surface area contributed by atoms with Crippen LogP contribution in [0.2, 0.25) is 10.0 Å². The molecule has 1 N–H and O–H groups in total. The number of sulfonamides is 1. The molecule has 0 bridgehead atoms. The average Bonchev–Trinajstić information content (AvgIpc) is 3.02. The molecule has 3 rings (SSSR count). The summed E-state index contributed by atoms with van der Waals surface area (Å²) < 4.78 is 51.5.